The number of rotatable bonds is 2. The molecule has 9 heavy (non-hydrogen) atoms. The molecule has 0 aromatic rings. The van der Waals surface area contributed by atoms with Gasteiger partial charge in [-0.2, -0.15) is 0 Å². The van der Waals surface area contributed by atoms with Crippen LogP contribution in [0.5, 0.6) is 0 Å². The second-order valence-electron chi connectivity index (χ2n) is 2.40. The molecule has 3 N–H and O–H groups in total. The first kappa shape index (κ1) is 6.99. The van der Waals surface area contributed by atoms with Crippen LogP contribution in [-0.2, 0) is 4.74 Å². The minimum atomic E-state index is -0.118. The maximum absolute atomic E-state index is 5.59. The number of hydrogen-bond donors (Lipinski definition) is 2. The summed E-state index contributed by atoms with van der Waals surface area (Å²) < 4.78 is 4.95. The van der Waals surface area contributed by atoms with Gasteiger partial charge in [-0.25, -0.2) is 0 Å². The lowest BCUT2D eigenvalue weighted by atomic mass is 10.2. The van der Waals surface area contributed by atoms with E-state index >= 15 is 0 Å². The summed E-state index contributed by atoms with van der Waals surface area (Å²) in [6.45, 7) is 1.09. The summed E-state index contributed by atoms with van der Waals surface area (Å²) in [7, 11) is 1.64. The van der Waals surface area contributed by atoms with Crippen LogP contribution in [0.3, 0.4) is 0 Å². The van der Waals surface area contributed by atoms with Gasteiger partial charge >= 0.3 is 0 Å². The molecule has 0 spiro atoms. The lowest BCUT2D eigenvalue weighted by Gasteiger charge is -2.16. The van der Waals surface area contributed by atoms with Gasteiger partial charge in [0, 0.05) is 13.2 Å². The van der Waals surface area contributed by atoms with E-state index in [4.69, 9.17) is 10.5 Å². The van der Waals surface area contributed by atoms with Gasteiger partial charge in [0.15, 0.2) is 0 Å². The van der Waals surface area contributed by atoms with E-state index in [0.717, 1.165) is 13.0 Å². The van der Waals surface area contributed by atoms with Crippen LogP contribution in [0.4, 0.5) is 0 Å². The SMILES string of the molecule is CO[C@H](N)C1CCCN1. The molecule has 1 aliphatic rings. The minimum Gasteiger partial charge on any atom is -0.365 e. The number of methoxy groups -OCH3 is 1. The molecule has 0 aromatic carbocycles. The average molecular weight is 130 g/mol. The second kappa shape index (κ2) is 3.15. The molecule has 54 valence electrons. The molecule has 0 amide bonds. The summed E-state index contributed by atoms with van der Waals surface area (Å²) in [5.74, 6) is 0. The van der Waals surface area contributed by atoms with E-state index in [9.17, 15) is 0 Å². The molecule has 3 nitrogen and oxygen atoms in total. The highest BCUT2D eigenvalue weighted by Gasteiger charge is 2.20. The lowest BCUT2D eigenvalue weighted by molar-refractivity contribution is 0.0797. The highest BCUT2D eigenvalue weighted by molar-refractivity contribution is 4.78. The molecule has 1 heterocycles. The molecule has 0 bridgehead atoms. The van der Waals surface area contributed by atoms with Crippen molar-refractivity contribution in [2.75, 3.05) is 13.7 Å². The minimum absolute atomic E-state index is 0.118. The summed E-state index contributed by atoms with van der Waals surface area (Å²) in [5.41, 5.74) is 5.59. The van der Waals surface area contributed by atoms with Crippen molar-refractivity contribution in [2.24, 2.45) is 5.73 Å². The van der Waals surface area contributed by atoms with Crippen molar-refractivity contribution in [2.45, 2.75) is 25.1 Å². The molecule has 3 heteroatoms. The van der Waals surface area contributed by atoms with E-state index in [2.05, 4.69) is 5.32 Å². The second-order valence-corrected chi connectivity index (χ2v) is 2.40. The van der Waals surface area contributed by atoms with E-state index in [1.165, 1.54) is 6.42 Å². The predicted molar refractivity (Wildman–Crippen MR) is 36.0 cm³/mol. The van der Waals surface area contributed by atoms with Gasteiger partial charge in [0.05, 0.1) is 0 Å². The van der Waals surface area contributed by atoms with E-state index < -0.39 is 0 Å². The summed E-state index contributed by atoms with van der Waals surface area (Å²) >= 11 is 0. The van der Waals surface area contributed by atoms with Crippen LogP contribution in [-0.4, -0.2) is 25.9 Å². The summed E-state index contributed by atoms with van der Waals surface area (Å²) in [6.07, 6.45) is 2.25. The van der Waals surface area contributed by atoms with Crippen LogP contribution < -0.4 is 11.1 Å². The molecule has 1 fully saturated rings. The van der Waals surface area contributed by atoms with Crippen molar-refractivity contribution in [1.82, 2.24) is 5.32 Å². The van der Waals surface area contributed by atoms with Crippen LogP contribution in [0.15, 0.2) is 0 Å². The van der Waals surface area contributed by atoms with Crippen LogP contribution in [0.1, 0.15) is 12.8 Å². The highest BCUT2D eigenvalue weighted by Crippen LogP contribution is 2.07. The quantitative estimate of drug-likeness (QED) is 0.503. The third kappa shape index (κ3) is 1.64. The molecular formula is C6H14N2O. The first-order chi connectivity index (χ1) is 4.34. The van der Waals surface area contributed by atoms with Gasteiger partial charge in [-0.05, 0) is 19.4 Å². The monoisotopic (exact) mass is 130 g/mol. The van der Waals surface area contributed by atoms with Crippen LogP contribution >= 0.6 is 0 Å². The lowest BCUT2D eigenvalue weighted by Crippen LogP contribution is -2.42. The van der Waals surface area contributed by atoms with Gasteiger partial charge in [-0.15, -0.1) is 0 Å². The van der Waals surface area contributed by atoms with E-state index in [1.807, 2.05) is 0 Å². The first-order valence-electron chi connectivity index (χ1n) is 3.36. The normalized spacial score (nSPS) is 30.7. The molecule has 0 aliphatic carbocycles. The molecule has 1 aliphatic heterocycles. The molecular weight excluding hydrogens is 116 g/mol. The van der Waals surface area contributed by atoms with Gasteiger partial charge in [0.2, 0.25) is 0 Å². The van der Waals surface area contributed by atoms with Crippen LogP contribution in [0, 0.1) is 0 Å². The van der Waals surface area contributed by atoms with Gasteiger partial charge in [0.25, 0.3) is 0 Å². The molecule has 2 atom stereocenters. The maximum atomic E-state index is 5.59. The van der Waals surface area contributed by atoms with E-state index in [-0.39, 0.29) is 6.23 Å². The number of nitrogens with one attached hydrogen (secondary N) is 1. The van der Waals surface area contributed by atoms with Gasteiger partial charge < -0.3 is 15.8 Å². The third-order valence-corrected chi connectivity index (χ3v) is 1.77. The Morgan fingerprint density at radius 3 is 3.00 bits per heavy atom. The fraction of sp³-hybridized carbons (Fsp3) is 1.00. The van der Waals surface area contributed by atoms with Gasteiger partial charge in [0.1, 0.15) is 6.23 Å². The van der Waals surface area contributed by atoms with Crippen LogP contribution in [0.25, 0.3) is 0 Å². The molecule has 0 radical (unpaired) electrons. The summed E-state index contributed by atoms with van der Waals surface area (Å²) in [4.78, 5) is 0. The van der Waals surface area contributed by atoms with E-state index in [1.54, 1.807) is 7.11 Å². The Kier molecular flexibility index (Phi) is 2.45. The zero-order valence-electron chi connectivity index (χ0n) is 5.76. The Bertz CT molecular complexity index is 81.1. The Morgan fingerprint density at radius 2 is 2.56 bits per heavy atom. The van der Waals surface area contributed by atoms with Crippen molar-refractivity contribution >= 4 is 0 Å². The largest absolute Gasteiger partial charge is 0.365 e. The van der Waals surface area contributed by atoms with Crippen molar-refractivity contribution < 1.29 is 4.74 Å². The Labute approximate surface area is 55.6 Å². The standard InChI is InChI=1S/C6H14N2O/c1-9-6(7)5-3-2-4-8-5/h5-6,8H,2-4,7H2,1H3/t5?,6-/m0/s1. The van der Waals surface area contributed by atoms with Gasteiger partial charge in [-0.3, -0.25) is 0 Å². The fourth-order valence-electron chi connectivity index (χ4n) is 1.16. The molecule has 1 unspecified atom stereocenters. The Hall–Kier alpha value is -0.120. The maximum Gasteiger partial charge on any atom is 0.120 e. The predicted octanol–water partition coefficient (Wildman–Crippen LogP) is -0.330. The summed E-state index contributed by atoms with van der Waals surface area (Å²) in [6, 6.07) is 0.384. The number of hydrogen-bond acceptors (Lipinski definition) is 3. The number of nitrogens with two attached hydrogens (primary N) is 1. The molecule has 0 saturated carbocycles. The molecule has 1 saturated heterocycles. The fourth-order valence-corrected chi connectivity index (χ4v) is 1.16. The van der Waals surface area contributed by atoms with Crippen molar-refractivity contribution in [3.05, 3.63) is 0 Å². The topological polar surface area (TPSA) is 47.3 Å². The zero-order valence-corrected chi connectivity index (χ0v) is 5.76. The van der Waals surface area contributed by atoms with Crippen molar-refractivity contribution in [3.63, 3.8) is 0 Å². The number of ether oxygens (including phenoxy) is 1. The van der Waals surface area contributed by atoms with Gasteiger partial charge in [-0.1, -0.05) is 0 Å². The van der Waals surface area contributed by atoms with Crippen LogP contribution in [0.2, 0.25) is 0 Å². The Morgan fingerprint density at radius 1 is 1.78 bits per heavy atom. The molecule has 1 rings (SSSR count). The van der Waals surface area contributed by atoms with Crippen molar-refractivity contribution in [1.29, 1.82) is 0 Å². The molecule has 0 aromatic heterocycles. The smallest absolute Gasteiger partial charge is 0.120 e. The first-order valence-corrected chi connectivity index (χ1v) is 3.36. The third-order valence-electron chi connectivity index (χ3n) is 1.77. The summed E-state index contributed by atoms with van der Waals surface area (Å²) in [5, 5.41) is 3.26. The van der Waals surface area contributed by atoms with E-state index in [0.29, 0.717) is 6.04 Å². The average Bonchev–Trinajstić information content (AvgIpc) is 2.37. The van der Waals surface area contributed by atoms with Crippen molar-refractivity contribution in [3.8, 4) is 0 Å². The Balaban J connectivity index is 2.24. The zero-order chi connectivity index (χ0) is 6.69. The highest BCUT2D eigenvalue weighted by atomic mass is 16.5.